The Morgan fingerprint density at radius 3 is 2.40 bits per heavy atom. The summed E-state index contributed by atoms with van der Waals surface area (Å²) in [6.07, 6.45) is 4.63. The van der Waals surface area contributed by atoms with Gasteiger partial charge in [-0.05, 0) is 66.5 Å². The van der Waals surface area contributed by atoms with Gasteiger partial charge in [0, 0.05) is 41.1 Å². The number of hydrogen-bond acceptors (Lipinski definition) is 3. The summed E-state index contributed by atoms with van der Waals surface area (Å²) in [4.78, 5) is 2.44. The zero-order valence-electron chi connectivity index (χ0n) is 21.0. The van der Waals surface area contributed by atoms with E-state index in [0.717, 1.165) is 37.5 Å². The van der Waals surface area contributed by atoms with E-state index in [2.05, 4.69) is 40.4 Å². The molecule has 0 spiro atoms. The molecule has 192 valence electrons. The van der Waals surface area contributed by atoms with Gasteiger partial charge in [0.15, 0.2) is 0 Å². The SMILES string of the molecule is C/C=C(F)\C=C(/CF)CSN1CCN(c2ccc(Cl)cc2CCC)C(c2ccc(Cl)cc2)C1.CC. The van der Waals surface area contributed by atoms with Crippen molar-refractivity contribution in [2.24, 2.45) is 0 Å². The monoisotopic (exact) mass is 540 g/mol. The molecule has 1 atom stereocenters. The van der Waals surface area contributed by atoms with E-state index in [-0.39, 0.29) is 6.04 Å². The molecule has 1 unspecified atom stereocenters. The van der Waals surface area contributed by atoms with Crippen molar-refractivity contribution < 1.29 is 8.78 Å². The standard InChI is InChI=1S/C26H30Cl2F2N2S.C2H6/c1-3-5-21-15-23(28)10-11-25(21)32-13-12-31(33-18-19(16-29)14-24(30)4-2)17-26(32)20-6-8-22(27)9-7-20;1-2/h4,6-11,14-15,26H,3,5,12-13,16-18H2,1-2H3;1-2H3/b19-14+,24-4+;. The predicted molar refractivity (Wildman–Crippen MR) is 151 cm³/mol. The summed E-state index contributed by atoms with van der Waals surface area (Å²) in [6.45, 7) is 9.51. The van der Waals surface area contributed by atoms with Gasteiger partial charge in [-0.1, -0.05) is 80.6 Å². The van der Waals surface area contributed by atoms with Crippen LogP contribution in [0.1, 0.15) is 51.3 Å². The molecule has 0 radical (unpaired) electrons. The van der Waals surface area contributed by atoms with E-state index in [1.807, 2.05) is 32.0 Å². The largest absolute Gasteiger partial charge is 0.362 e. The van der Waals surface area contributed by atoms with Crippen LogP contribution in [0.5, 0.6) is 0 Å². The van der Waals surface area contributed by atoms with Gasteiger partial charge in [-0.15, -0.1) is 0 Å². The van der Waals surface area contributed by atoms with Crippen LogP contribution in [0.4, 0.5) is 14.5 Å². The number of hydrogen-bond donors (Lipinski definition) is 0. The molecule has 0 bridgehead atoms. The number of rotatable bonds is 9. The lowest BCUT2D eigenvalue weighted by Gasteiger charge is -2.43. The van der Waals surface area contributed by atoms with E-state index in [1.54, 1.807) is 18.9 Å². The Morgan fingerprint density at radius 1 is 1.09 bits per heavy atom. The van der Waals surface area contributed by atoms with Crippen molar-refractivity contribution in [1.82, 2.24) is 4.31 Å². The van der Waals surface area contributed by atoms with Crippen molar-refractivity contribution in [3.05, 3.63) is 87.2 Å². The molecule has 1 fully saturated rings. The minimum absolute atomic E-state index is 0.102. The molecule has 1 aliphatic heterocycles. The summed E-state index contributed by atoms with van der Waals surface area (Å²) in [7, 11) is 0. The summed E-state index contributed by atoms with van der Waals surface area (Å²) in [6, 6.07) is 14.2. The molecule has 7 heteroatoms. The van der Waals surface area contributed by atoms with Crippen LogP contribution in [0.2, 0.25) is 10.0 Å². The molecule has 0 aromatic heterocycles. The quantitative estimate of drug-likeness (QED) is 0.231. The predicted octanol–water partition coefficient (Wildman–Crippen LogP) is 9.25. The Labute approximate surface area is 224 Å². The Balaban J connectivity index is 0.00000210. The van der Waals surface area contributed by atoms with Crippen LogP contribution in [0.25, 0.3) is 0 Å². The summed E-state index contributed by atoms with van der Waals surface area (Å²) < 4.78 is 29.2. The molecular weight excluding hydrogens is 505 g/mol. The van der Waals surface area contributed by atoms with Gasteiger partial charge in [0.05, 0.1) is 6.04 Å². The number of nitrogens with zero attached hydrogens (tertiary/aromatic N) is 2. The van der Waals surface area contributed by atoms with Crippen LogP contribution in [0, 0.1) is 0 Å². The van der Waals surface area contributed by atoms with Crippen LogP contribution < -0.4 is 4.90 Å². The van der Waals surface area contributed by atoms with E-state index < -0.39 is 12.5 Å². The second-order valence-corrected chi connectivity index (χ2v) is 9.99. The summed E-state index contributed by atoms with van der Waals surface area (Å²) in [5.74, 6) is 0.0194. The number of allylic oxidation sites excluding steroid dienone is 3. The number of benzene rings is 2. The molecular formula is C28H36Cl2F2N2S. The van der Waals surface area contributed by atoms with Crippen LogP contribution >= 0.6 is 35.1 Å². The molecule has 1 saturated heterocycles. The maximum absolute atomic E-state index is 13.6. The first-order valence-corrected chi connectivity index (χ1v) is 13.9. The van der Waals surface area contributed by atoms with Crippen molar-refractivity contribution >= 4 is 40.8 Å². The van der Waals surface area contributed by atoms with Gasteiger partial charge in [-0.2, -0.15) is 0 Å². The van der Waals surface area contributed by atoms with Crippen LogP contribution in [-0.4, -0.2) is 36.4 Å². The number of halogens is 4. The molecule has 2 aromatic rings. The number of aryl methyl sites for hydroxylation is 1. The van der Waals surface area contributed by atoms with Gasteiger partial charge in [-0.25, -0.2) is 13.1 Å². The molecule has 1 heterocycles. The molecule has 2 nitrogen and oxygen atoms in total. The average Bonchev–Trinajstić information content (AvgIpc) is 2.88. The zero-order valence-corrected chi connectivity index (χ0v) is 23.4. The Bertz CT molecular complexity index is 979. The second-order valence-electron chi connectivity index (χ2n) is 8.05. The molecule has 3 rings (SSSR count). The number of piperazine rings is 1. The zero-order chi connectivity index (χ0) is 25.8. The lowest BCUT2D eigenvalue weighted by Crippen LogP contribution is -2.46. The van der Waals surface area contributed by atoms with Gasteiger partial charge in [0.1, 0.15) is 12.5 Å². The second kappa shape index (κ2) is 15.6. The third-order valence-corrected chi connectivity index (χ3v) is 7.37. The van der Waals surface area contributed by atoms with Crippen molar-refractivity contribution in [1.29, 1.82) is 0 Å². The van der Waals surface area contributed by atoms with E-state index in [0.29, 0.717) is 16.3 Å². The molecule has 0 N–H and O–H groups in total. The Morgan fingerprint density at radius 2 is 1.77 bits per heavy atom. The minimum atomic E-state index is -0.653. The molecule has 0 aliphatic carbocycles. The van der Waals surface area contributed by atoms with Crippen LogP contribution in [-0.2, 0) is 6.42 Å². The Kier molecular flexibility index (Phi) is 13.2. The highest BCUT2D eigenvalue weighted by molar-refractivity contribution is 7.97. The summed E-state index contributed by atoms with van der Waals surface area (Å²) in [5.41, 5.74) is 4.06. The first kappa shape index (κ1) is 29.7. The van der Waals surface area contributed by atoms with E-state index >= 15 is 0 Å². The van der Waals surface area contributed by atoms with Gasteiger partial charge in [-0.3, -0.25) is 0 Å². The third kappa shape index (κ3) is 8.82. The fraction of sp³-hybridized carbons (Fsp3) is 0.429. The van der Waals surface area contributed by atoms with Crippen molar-refractivity contribution in [2.75, 3.05) is 37.0 Å². The van der Waals surface area contributed by atoms with Crippen molar-refractivity contribution in [3.8, 4) is 0 Å². The maximum Gasteiger partial charge on any atom is 0.119 e. The number of alkyl halides is 1. The van der Waals surface area contributed by atoms with Crippen LogP contribution in [0.3, 0.4) is 0 Å². The first-order chi connectivity index (χ1) is 16.9. The number of anilines is 1. The summed E-state index contributed by atoms with van der Waals surface area (Å²) >= 11 is 14.0. The molecule has 35 heavy (non-hydrogen) atoms. The van der Waals surface area contributed by atoms with E-state index in [9.17, 15) is 8.78 Å². The van der Waals surface area contributed by atoms with Crippen molar-refractivity contribution in [3.63, 3.8) is 0 Å². The average molecular weight is 542 g/mol. The van der Waals surface area contributed by atoms with Gasteiger partial charge in [0.25, 0.3) is 0 Å². The van der Waals surface area contributed by atoms with E-state index in [1.165, 1.54) is 29.0 Å². The highest BCUT2D eigenvalue weighted by Gasteiger charge is 2.30. The topological polar surface area (TPSA) is 6.48 Å². The van der Waals surface area contributed by atoms with Crippen molar-refractivity contribution in [2.45, 2.75) is 46.6 Å². The van der Waals surface area contributed by atoms with Gasteiger partial charge in [0.2, 0.25) is 0 Å². The maximum atomic E-state index is 13.6. The highest BCUT2D eigenvalue weighted by Crippen LogP contribution is 2.37. The van der Waals surface area contributed by atoms with Gasteiger partial charge < -0.3 is 4.90 Å². The molecule has 0 saturated carbocycles. The molecule has 1 aliphatic rings. The minimum Gasteiger partial charge on any atom is -0.362 e. The lowest BCUT2D eigenvalue weighted by atomic mass is 9.99. The highest BCUT2D eigenvalue weighted by atomic mass is 35.5. The normalized spacial score (nSPS) is 17.3. The Hall–Kier alpha value is -1.53. The molecule has 2 aromatic carbocycles. The fourth-order valence-corrected chi connectivity index (χ4v) is 5.30. The van der Waals surface area contributed by atoms with Crippen LogP contribution in [0.15, 0.2) is 66.0 Å². The fourth-order valence-electron chi connectivity index (χ4n) is 4.01. The summed E-state index contributed by atoms with van der Waals surface area (Å²) in [5, 5.41) is 1.45. The van der Waals surface area contributed by atoms with E-state index in [4.69, 9.17) is 23.2 Å². The third-order valence-electron chi connectivity index (χ3n) is 5.69. The lowest BCUT2D eigenvalue weighted by molar-refractivity contribution is 0.365. The van der Waals surface area contributed by atoms with Gasteiger partial charge >= 0.3 is 0 Å². The smallest absolute Gasteiger partial charge is 0.119 e. The molecule has 0 amide bonds. The first-order valence-electron chi connectivity index (χ1n) is 12.2.